The predicted octanol–water partition coefficient (Wildman–Crippen LogP) is 3.39. The molecule has 0 saturated heterocycles. The Morgan fingerprint density at radius 1 is 0.947 bits per heavy atom. The minimum absolute atomic E-state index is 0.156. The van der Waals surface area contributed by atoms with Crippen LogP contribution in [0.25, 0.3) is 0 Å². The number of thioether (sulfide) groups is 1. The summed E-state index contributed by atoms with van der Waals surface area (Å²) in [5.41, 5.74) is 0.774. The quantitative estimate of drug-likeness (QED) is 0.597. The van der Waals surface area contributed by atoms with Crippen molar-refractivity contribution in [2.24, 2.45) is 0 Å². The van der Waals surface area contributed by atoms with Crippen LogP contribution < -0.4 is 0 Å². The molecule has 0 amide bonds. The van der Waals surface area contributed by atoms with Gasteiger partial charge in [-0.05, 0) is 42.0 Å². The van der Waals surface area contributed by atoms with Crippen LogP contribution in [0.15, 0.2) is 53.4 Å². The SMILES string of the molecule is O=C(S)C(Sc1ccc(O)cc1)c1ccc(O)cc1. The van der Waals surface area contributed by atoms with Gasteiger partial charge in [-0.2, -0.15) is 0 Å². The highest BCUT2D eigenvalue weighted by atomic mass is 32.2. The van der Waals surface area contributed by atoms with Crippen LogP contribution >= 0.6 is 24.4 Å². The number of thiol groups is 1. The Bertz CT molecular complexity index is 564. The van der Waals surface area contributed by atoms with Gasteiger partial charge in [-0.1, -0.05) is 12.1 Å². The molecule has 0 spiro atoms. The third-order valence-electron chi connectivity index (χ3n) is 2.51. The summed E-state index contributed by atoms with van der Waals surface area (Å²) in [6.07, 6.45) is 0. The zero-order valence-corrected chi connectivity index (χ0v) is 11.6. The first-order valence-electron chi connectivity index (χ1n) is 5.53. The second kappa shape index (κ2) is 6.04. The van der Waals surface area contributed by atoms with Gasteiger partial charge < -0.3 is 10.2 Å². The van der Waals surface area contributed by atoms with Crippen LogP contribution in [-0.4, -0.2) is 15.3 Å². The number of rotatable bonds is 4. The van der Waals surface area contributed by atoms with E-state index in [2.05, 4.69) is 12.6 Å². The Balaban J connectivity index is 2.23. The molecule has 0 aliphatic heterocycles. The summed E-state index contributed by atoms with van der Waals surface area (Å²) >= 11 is 5.26. The summed E-state index contributed by atoms with van der Waals surface area (Å²) in [5.74, 6) is 0.339. The Morgan fingerprint density at radius 3 is 1.89 bits per heavy atom. The average Bonchev–Trinajstić information content (AvgIpc) is 2.39. The molecular formula is C14H12O3S2. The maximum absolute atomic E-state index is 11.6. The Morgan fingerprint density at radius 2 is 1.42 bits per heavy atom. The second-order valence-electron chi connectivity index (χ2n) is 3.92. The zero-order chi connectivity index (χ0) is 13.8. The molecular weight excluding hydrogens is 280 g/mol. The maximum Gasteiger partial charge on any atom is 0.203 e. The first kappa shape index (κ1) is 13.8. The molecule has 0 aromatic heterocycles. The Hall–Kier alpha value is -1.59. The molecule has 0 radical (unpaired) electrons. The first-order valence-corrected chi connectivity index (χ1v) is 6.86. The molecule has 3 nitrogen and oxygen atoms in total. The van der Waals surface area contributed by atoms with E-state index < -0.39 is 5.25 Å². The van der Waals surface area contributed by atoms with Crippen LogP contribution in [0.5, 0.6) is 11.5 Å². The van der Waals surface area contributed by atoms with Gasteiger partial charge in [0.05, 0.1) is 0 Å². The molecule has 0 saturated carbocycles. The minimum atomic E-state index is -0.450. The fraction of sp³-hybridized carbons (Fsp3) is 0.0714. The number of carbonyl (C=O) groups is 1. The van der Waals surface area contributed by atoms with Crippen molar-refractivity contribution in [3.8, 4) is 11.5 Å². The fourth-order valence-corrected chi connectivity index (χ4v) is 2.84. The van der Waals surface area contributed by atoms with Crippen LogP contribution in [0.1, 0.15) is 10.8 Å². The van der Waals surface area contributed by atoms with Gasteiger partial charge in [0.15, 0.2) is 0 Å². The first-order chi connectivity index (χ1) is 9.06. The summed E-state index contributed by atoms with van der Waals surface area (Å²) in [6.45, 7) is 0. The van der Waals surface area contributed by atoms with E-state index in [4.69, 9.17) is 0 Å². The second-order valence-corrected chi connectivity index (χ2v) is 5.54. The molecule has 0 heterocycles. The standard InChI is InChI=1S/C14H12O3S2/c15-10-3-1-9(2-4-10)13(14(17)18)19-12-7-5-11(16)6-8-12/h1-8,13,15-16H,(H,17,18). The van der Waals surface area contributed by atoms with E-state index in [1.165, 1.54) is 23.9 Å². The molecule has 5 heteroatoms. The van der Waals surface area contributed by atoms with Crippen molar-refractivity contribution in [2.45, 2.75) is 10.1 Å². The summed E-state index contributed by atoms with van der Waals surface area (Å²) in [6, 6.07) is 13.1. The van der Waals surface area contributed by atoms with Crippen molar-refractivity contribution in [1.29, 1.82) is 0 Å². The van der Waals surface area contributed by atoms with E-state index in [1.807, 2.05) is 0 Å². The number of hydrogen-bond acceptors (Lipinski definition) is 4. The summed E-state index contributed by atoms with van der Waals surface area (Å²) in [7, 11) is 0. The largest absolute Gasteiger partial charge is 0.508 e. The number of phenolic OH excluding ortho intramolecular Hbond substituents is 2. The van der Waals surface area contributed by atoms with Crippen molar-refractivity contribution in [3.63, 3.8) is 0 Å². The Labute approximate surface area is 120 Å². The average molecular weight is 292 g/mol. The van der Waals surface area contributed by atoms with Crippen LogP contribution in [0.3, 0.4) is 0 Å². The minimum Gasteiger partial charge on any atom is -0.508 e. The molecule has 2 aromatic carbocycles. The third-order valence-corrected chi connectivity index (χ3v) is 4.21. The lowest BCUT2D eigenvalue weighted by Crippen LogP contribution is -2.02. The molecule has 0 bridgehead atoms. The van der Waals surface area contributed by atoms with Crippen molar-refractivity contribution >= 4 is 29.5 Å². The molecule has 19 heavy (non-hydrogen) atoms. The van der Waals surface area contributed by atoms with Crippen molar-refractivity contribution in [1.82, 2.24) is 0 Å². The third kappa shape index (κ3) is 3.68. The maximum atomic E-state index is 11.6. The molecule has 0 aliphatic rings. The van der Waals surface area contributed by atoms with Crippen LogP contribution in [-0.2, 0) is 4.79 Å². The summed E-state index contributed by atoms with van der Waals surface area (Å²) in [4.78, 5) is 12.5. The molecule has 2 aromatic rings. The fourth-order valence-electron chi connectivity index (χ4n) is 1.57. The van der Waals surface area contributed by atoms with E-state index in [-0.39, 0.29) is 16.6 Å². The molecule has 0 aliphatic carbocycles. The van der Waals surface area contributed by atoms with Gasteiger partial charge in [-0.25, -0.2) is 0 Å². The summed E-state index contributed by atoms with van der Waals surface area (Å²) in [5, 5.41) is 17.8. The van der Waals surface area contributed by atoms with Crippen LogP contribution in [0, 0.1) is 0 Å². The number of phenols is 2. The predicted molar refractivity (Wildman–Crippen MR) is 78.8 cm³/mol. The van der Waals surface area contributed by atoms with E-state index in [0.717, 1.165) is 10.5 Å². The lowest BCUT2D eigenvalue weighted by Gasteiger charge is -2.13. The molecule has 2 N–H and O–H groups in total. The van der Waals surface area contributed by atoms with Gasteiger partial charge in [0, 0.05) is 4.90 Å². The van der Waals surface area contributed by atoms with E-state index in [1.54, 1.807) is 36.4 Å². The van der Waals surface area contributed by atoms with Gasteiger partial charge in [0.2, 0.25) is 5.12 Å². The topological polar surface area (TPSA) is 57.5 Å². The molecule has 1 atom stereocenters. The highest BCUT2D eigenvalue weighted by molar-refractivity contribution is 8.05. The molecule has 1 unspecified atom stereocenters. The summed E-state index contributed by atoms with van der Waals surface area (Å²) < 4.78 is 0. The number of hydrogen-bond donors (Lipinski definition) is 3. The van der Waals surface area contributed by atoms with E-state index in [9.17, 15) is 15.0 Å². The molecule has 0 fully saturated rings. The smallest absolute Gasteiger partial charge is 0.203 e. The highest BCUT2D eigenvalue weighted by Gasteiger charge is 2.19. The monoisotopic (exact) mass is 292 g/mol. The lowest BCUT2D eigenvalue weighted by atomic mass is 10.1. The molecule has 98 valence electrons. The van der Waals surface area contributed by atoms with Gasteiger partial charge >= 0.3 is 0 Å². The highest BCUT2D eigenvalue weighted by Crippen LogP contribution is 2.37. The van der Waals surface area contributed by atoms with E-state index >= 15 is 0 Å². The molecule has 2 rings (SSSR count). The van der Waals surface area contributed by atoms with Crippen molar-refractivity contribution in [3.05, 3.63) is 54.1 Å². The van der Waals surface area contributed by atoms with Gasteiger partial charge in [-0.3, -0.25) is 4.79 Å². The van der Waals surface area contributed by atoms with Crippen LogP contribution in [0.4, 0.5) is 0 Å². The van der Waals surface area contributed by atoms with Crippen molar-refractivity contribution in [2.75, 3.05) is 0 Å². The number of benzene rings is 2. The zero-order valence-electron chi connectivity index (χ0n) is 9.85. The normalized spacial score (nSPS) is 12.1. The van der Waals surface area contributed by atoms with Gasteiger partial charge in [-0.15, -0.1) is 24.4 Å². The van der Waals surface area contributed by atoms with Gasteiger partial charge in [0.25, 0.3) is 0 Å². The van der Waals surface area contributed by atoms with Crippen LogP contribution in [0.2, 0.25) is 0 Å². The van der Waals surface area contributed by atoms with E-state index in [0.29, 0.717) is 0 Å². The number of carbonyl (C=O) groups excluding carboxylic acids is 1. The lowest BCUT2D eigenvalue weighted by molar-refractivity contribution is -0.110. The Kier molecular flexibility index (Phi) is 4.39. The van der Waals surface area contributed by atoms with Crippen molar-refractivity contribution < 1.29 is 15.0 Å². The van der Waals surface area contributed by atoms with Gasteiger partial charge in [0.1, 0.15) is 16.7 Å². The number of aromatic hydroxyl groups is 2.